The van der Waals surface area contributed by atoms with Crippen molar-refractivity contribution >= 4 is 11.6 Å². The topological polar surface area (TPSA) is 42.2 Å². The smallest absolute Gasteiger partial charge is 0.169 e. The molecule has 0 fully saturated rings. The Morgan fingerprint density at radius 2 is 1.85 bits per heavy atom. The Kier molecular flexibility index (Phi) is 4.49. The van der Waals surface area contributed by atoms with Crippen molar-refractivity contribution in [3.05, 3.63) is 53.1 Å². The fourth-order valence-electron chi connectivity index (χ4n) is 1.85. The van der Waals surface area contributed by atoms with E-state index in [9.17, 15) is 0 Å². The Bertz CT molecular complexity index is 662. The van der Waals surface area contributed by atoms with Crippen LogP contribution in [0.2, 0.25) is 0 Å². The molecule has 0 saturated heterocycles. The van der Waals surface area contributed by atoms with Crippen molar-refractivity contribution in [2.45, 2.75) is 12.8 Å². The molecular formula is C16H14ClNO2. The zero-order valence-electron chi connectivity index (χ0n) is 11.3. The first-order valence-corrected chi connectivity index (χ1v) is 6.63. The largest absolute Gasteiger partial charge is 0.493 e. The van der Waals surface area contributed by atoms with Gasteiger partial charge in [0, 0.05) is 11.6 Å². The standard InChI is InChI=1S/C16H14ClNO2/c1-11-3-5-14(13(7-11)9-17)20-15-6-4-12(10-18)8-16(15)19-2/h3-8H,9H2,1-2H3. The molecule has 0 aliphatic rings. The van der Waals surface area contributed by atoms with Crippen LogP contribution in [-0.2, 0) is 5.88 Å². The molecule has 0 amide bonds. The van der Waals surface area contributed by atoms with E-state index in [-0.39, 0.29) is 0 Å². The number of methoxy groups -OCH3 is 1. The summed E-state index contributed by atoms with van der Waals surface area (Å²) in [6.07, 6.45) is 0. The van der Waals surface area contributed by atoms with Gasteiger partial charge in [0.25, 0.3) is 0 Å². The first-order chi connectivity index (χ1) is 9.67. The molecule has 0 heterocycles. The van der Waals surface area contributed by atoms with Gasteiger partial charge in [0.2, 0.25) is 0 Å². The minimum atomic E-state index is 0.371. The monoisotopic (exact) mass is 287 g/mol. The zero-order valence-corrected chi connectivity index (χ0v) is 12.1. The third-order valence-corrected chi connectivity index (χ3v) is 3.16. The maximum atomic E-state index is 8.89. The maximum absolute atomic E-state index is 8.89. The van der Waals surface area contributed by atoms with Gasteiger partial charge in [-0.15, -0.1) is 11.6 Å². The molecule has 2 rings (SSSR count). The summed E-state index contributed by atoms with van der Waals surface area (Å²) in [4.78, 5) is 0. The van der Waals surface area contributed by atoms with Crippen molar-refractivity contribution in [3.63, 3.8) is 0 Å². The lowest BCUT2D eigenvalue weighted by Crippen LogP contribution is -1.94. The van der Waals surface area contributed by atoms with E-state index in [1.54, 1.807) is 25.3 Å². The number of benzene rings is 2. The van der Waals surface area contributed by atoms with Crippen molar-refractivity contribution in [1.29, 1.82) is 5.26 Å². The molecule has 0 saturated carbocycles. The summed E-state index contributed by atoms with van der Waals surface area (Å²) in [5.74, 6) is 2.13. The summed E-state index contributed by atoms with van der Waals surface area (Å²) in [5, 5.41) is 8.89. The fraction of sp³-hybridized carbons (Fsp3) is 0.188. The molecular weight excluding hydrogens is 274 g/mol. The van der Waals surface area contributed by atoms with Gasteiger partial charge in [-0.05, 0) is 25.1 Å². The fourth-order valence-corrected chi connectivity index (χ4v) is 2.06. The molecule has 20 heavy (non-hydrogen) atoms. The Hall–Kier alpha value is -2.18. The Morgan fingerprint density at radius 1 is 1.10 bits per heavy atom. The molecule has 0 atom stereocenters. The van der Waals surface area contributed by atoms with Gasteiger partial charge in [0.15, 0.2) is 11.5 Å². The Balaban J connectivity index is 2.37. The van der Waals surface area contributed by atoms with E-state index >= 15 is 0 Å². The lowest BCUT2D eigenvalue weighted by atomic mass is 10.1. The van der Waals surface area contributed by atoms with Crippen molar-refractivity contribution in [3.8, 4) is 23.3 Å². The van der Waals surface area contributed by atoms with Crippen molar-refractivity contribution < 1.29 is 9.47 Å². The third-order valence-electron chi connectivity index (χ3n) is 2.87. The van der Waals surface area contributed by atoms with Gasteiger partial charge in [0.05, 0.1) is 24.6 Å². The number of nitriles is 1. The average molecular weight is 288 g/mol. The molecule has 0 unspecified atom stereocenters. The van der Waals surface area contributed by atoms with Crippen LogP contribution in [0.5, 0.6) is 17.2 Å². The van der Waals surface area contributed by atoms with Crippen LogP contribution in [0.3, 0.4) is 0 Å². The SMILES string of the molecule is COc1cc(C#N)ccc1Oc1ccc(C)cc1CCl. The van der Waals surface area contributed by atoms with Crippen LogP contribution in [0, 0.1) is 18.3 Å². The lowest BCUT2D eigenvalue weighted by Gasteiger charge is -2.13. The molecule has 0 aliphatic heterocycles. The molecule has 0 radical (unpaired) electrons. The van der Waals surface area contributed by atoms with Crippen LogP contribution in [0.25, 0.3) is 0 Å². The predicted molar refractivity (Wildman–Crippen MR) is 78.5 cm³/mol. The maximum Gasteiger partial charge on any atom is 0.169 e. The van der Waals surface area contributed by atoms with Gasteiger partial charge in [-0.1, -0.05) is 17.7 Å². The number of hydrogen-bond donors (Lipinski definition) is 0. The molecule has 0 aromatic heterocycles. The van der Waals surface area contributed by atoms with Crippen LogP contribution < -0.4 is 9.47 Å². The quantitative estimate of drug-likeness (QED) is 0.782. The summed E-state index contributed by atoms with van der Waals surface area (Å²) in [5.41, 5.74) is 2.56. The summed E-state index contributed by atoms with van der Waals surface area (Å²) in [6, 6.07) is 12.9. The molecule has 2 aromatic rings. The zero-order chi connectivity index (χ0) is 14.5. The molecule has 102 valence electrons. The third kappa shape index (κ3) is 3.04. The van der Waals surface area contributed by atoms with Crippen LogP contribution in [-0.4, -0.2) is 7.11 Å². The van der Waals surface area contributed by atoms with Gasteiger partial charge in [0.1, 0.15) is 5.75 Å². The van der Waals surface area contributed by atoms with E-state index < -0.39 is 0 Å². The number of nitrogens with zero attached hydrogens (tertiary/aromatic N) is 1. The molecule has 0 spiro atoms. The van der Waals surface area contributed by atoms with Crippen LogP contribution in [0.4, 0.5) is 0 Å². The number of alkyl halides is 1. The van der Waals surface area contributed by atoms with Gasteiger partial charge in [-0.2, -0.15) is 5.26 Å². The minimum absolute atomic E-state index is 0.371. The van der Waals surface area contributed by atoms with E-state index in [0.29, 0.717) is 28.7 Å². The highest BCUT2D eigenvalue weighted by molar-refractivity contribution is 6.17. The Morgan fingerprint density at radius 3 is 2.50 bits per heavy atom. The van der Waals surface area contributed by atoms with Crippen LogP contribution in [0.1, 0.15) is 16.7 Å². The van der Waals surface area contributed by atoms with Crippen molar-refractivity contribution in [1.82, 2.24) is 0 Å². The van der Waals surface area contributed by atoms with Gasteiger partial charge >= 0.3 is 0 Å². The minimum Gasteiger partial charge on any atom is -0.493 e. The molecule has 0 aliphatic carbocycles. The van der Waals surface area contributed by atoms with E-state index in [1.807, 2.05) is 25.1 Å². The first kappa shape index (κ1) is 14.2. The van der Waals surface area contributed by atoms with Gasteiger partial charge < -0.3 is 9.47 Å². The van der Waals surface area contributed by atoms with Gasteiger partial charge in [-0.25, -0.2) is 0 Å². The highest BCUT2D eigenvalue weighted by Gasteiger charge is 2.10. The van der Waals surface area contributed by atoms with Crippen LogP contribution in [0.15, 0.2) is 36.4 Å². The lowest BCUT2D eigenvalue weighted by molar-refractivity contribution is 0.378. The van der Waals surface area contributed by atoms with Crippen LogP contribution >= 0.6 is 11.6 Å². The van der Waals surface area contributed by atoms with Crippen molar-refractivity contribution in [2.24, 2.45) is 0 Å². The average Bonchev–Trinajstić information content (AvgIpc) is 2.49. The van der Waals surface area contributed by atoms with Crippen molar-refractivity contribution in [2.75, 3.05) is 7.11 Å². The van der Waals surface area contributed by atoms with E-state index in [1.165, 1.54) is 0 Å². The summed E-state index contributed by atoms with van der Waals surface area (Å²) < 4.78 is 11.1. The highest BCUT2D eigenvalue weighted by Crippen LogP contribution is 2.34. The van der Waals surface area contributed by atoms with Gasteiger partial charge in [-0.3, -0.25) is 0 Å². The number of ether oxygens (including phenoxy) is 2. The number of hydrogen-bond acceptors (Lipinski definition) is 3. The molecule has 0 bridgehead atoms. The molecule has 3 nitrogen and oxygen atoms in total. The number of halogens is 1. The summed E-state index contributed by atoms with van der Waals surface area (Å²) in [7, 11) is 1.54. The first-order valence-electron chi connectivity index (χ1n) is 6.09. The molecule has 4 heteroatoms. The van der Waals surface area contributed by atoms with E-state index in [2.05, 4.69) is 6.07 Å². The Labute approximate surface area is 123 Å². The second-order valence-corrected chi connectivity index (χ2v) is 4.59. The highest BCUT2D eigenvalue weighted by atomic mass is 35.5. The predicted octanol–water partition coefficient (Wildman–Crippen LogP) is 4.41. The molecule has 2 aromatic carbocycles. The second-order valence-electron chi connectivity index (χ2n) is 4.32. The number of rotatable bonds is 4. The molecule has 0 N–H and O–H groups in total. The number of aryl methyl sites for hydroxylation is 1. The van der Waals surface area contributed by atoms with E-state index in [4.69, 9.17) is 26.3 Å². The summed E-state index contributed by atoms with van der Waals surface area (Å²) in [6.45, 7) is 2.00. The second kappa shape index (κ2) is 6.31. The van der Waals surface area contributed by atoms with E-state index in [0.717, 1.165) is 11.1 Å². The summed E-state index contributed by atoms with van der Waals surface area (Å²) >= 11 is 5.94. The normalized spacial score (nSPS) is 9.90.